The van der Waals surface area contributed by atoms with Gasteiger partial charge in [0.05, 0.1) is 0 Å². The molecule has 0 aliphatic carbocycles. The first kappa shape index (κ1) is 11.0. The predicted octanol–water partition coefficient (Wildman–Crippen LogP) is 3.39. The predicted molar refractivity (Wildman–Crippen MR) is 70.6 cm³/mol. The lowest BCUT2D eigenvalue weighted by Gasteiger charge is -1.87. The molecular weight excluding hydrogens is 246 g/mol. The average molecular weight is 255 g/mol. The molecular formula is C10H9NOS3. The minimum absolute atomic E-state index is 0.0467. The van der Waals surface area contributed by atoms with Crippen molar-refractivity contribution in [1.82, 2.24) is 0 Å². The Morgan fingerprint density at radius 3 is 2.80 bits per heavy atom. The van der Waals surface area contributed by atoms with Gasteiger partial charge in [-0.05, 0) is 43.2 Å². The zero-order valence-electron chi connectivity index (χ0n) is 8.31. The lowest BCUT2D eigenvalue weighted by atomic mass is 10.3. The summed E-state index contributed by atoms with van der Waals surface area (Å²) in [6.07, 6.45) is 3.79. The van der Waals surface area contributed by atoms with Gasteiger partial charge in [0.25, 0.3) is 0 Å². The molecule has 2 heterocycles. The van der Waals surface area contributed by atoms with Crippen LogP contribution >= 0.6 is 34.9 Å². The molecule has 2 rings (SSSR count). The fourth-order valence-corrected chi connectivity index (χ4v) is 3.22. The summed E-state index contributed by atoms with van der Waals surface area (Å²) in [4.78, 5) is 18.1. The van der Waals surface area contributed by atoms with Crippen LogP contribution in [0.1, 0.15) is 9.75 Å². The van der Waals surface area contributed by atoms with Crippen molar-refractivity contribution in [2.45, 2.75) is 6.92 Å². The van der Waals surface area contributed by atoms with Gasteiger partial charge >= 0.3 is 0 Å². The molecule has 0 saturated heterocycles. The summed E-state index contributed by atoms with van der Waals surface area (Å²) in [6.45, 7) is 2.05. The Balaban J connectivity index is 2.27. The van der Waals surface area contributed by atoms with E-state index in [1.807, 2.05) is 24.5 Å². The number of nitrogens with zero attached hydrogens (tertiary/aromatic N) is 1. The quantitative estimate of drug-likeness (QED) is 0.720. The minimum Gasteiger partial charge on any atom is -0.279 e. The first-order chi connectivity index (χ1) is 7.19. The third kappa shape index (κ3) is 2.53. The third-order valence-electron chi connectivity index (χ3n) is 1.82. The van der Waals surface area contributed by atoms with Crippen molar-refractivity contribution in [2.75, 3.05) is 6.26 Å². The monoisotopic (exact) mass is 255 g/mol. The highest BCUT2D eigenvalue weighted by molar-refractivity contribution is 8.45. The van der Waals surface area contributed by atoms with E-state index >= 15 is 0 Å². The number of rotatable bonds is 1. The lowest BCUT2D eigenvalue weighted by Crippen LogP contribution is -1.86. The van der Waals surface area contributed by atoms with Gasteiger partial charge in [-0.15, -0.1) is 23.1 Å². The topological polar surface area (TPSA) is 29.4 Å². The first-order valence-electron chi connectivity index (χ1n) is 4.32. The van der Waals surface area contributed by atoms with E-state index in [1.54, 1.807) is 11.3 Å². The molecule has 5 heteroatoms. The molecule has 0 aromatic carbocycles. The Morgan fingerprint density at radius 2 is 2.27 bits per heavy atom. The largest absolute Gasteiger partial charge is 0.279 e. The van der Waals surface area contributed by atoms with E-state index in [-0.39, 0.29) is 5.12 Å². The van der Waals surface area contributed by atoms with Gasteiger partial charge < -0.3 is 0 Å². The number of thiophene rings is 1. The van der Waals surface area contributed by atoms with Crippen LogP contribution in [0.5, 0.6) is 0 Å². The van der Waals surface area contributed by atoms with Gasteiger partial charge in [-0.3, -0.25) is 4.79 Å². The summed E-state index contributed by atoms with van der Waals surface area (Å²) in [5.74, 6) is 0. The molecule has 0 radical (unpaired) electrons. The number of aliphatic imine (C=N–C) groups is 1. The van der Waals surface area contributed by atoms with Crippen molar-refractivity contribution in [3.63, 3.8) is 0 Å². The molecule has 0 N–H and O–H groups in total. The number of aryl methyl sites for hydroxylation is 1. The molecule has 0 saturated carbocycles. The lowest BCUT2D eigenvalue weighted by molar-refractivity contribution is -0.107. The maximum Gasteiger partial charge on any atom is 0.244 e. The summed E-state index contributed by atoms with van der Waals surface area (Å²) in [6, 6.07) is 4.06. The van der Waals surface area contributed by atoms with Crippen LogP contribution in [0.3, 0.4) is 0 Å². The van der Waals surface area contributed by atoms with Gasteiger partial charge in [-0.2, -0.15) is 0 Å². The summed E-state index contributed by atoms with van der Waals surface area (Å²) in [7, 11) is 0. The maximum absolute atomic E-state index is 11.5. The zero-order valence-corrected chi connectivity index (χ0v) is 10.8. The van der Waals surface area contributed by atoms with Crippen LogP contribution in [-0.2, 0) is 4.79 Å². The van der Waals surface area contributed by atoms with Gasteiger partial charge in [0.1, 0.15) is 10.1 Å². The highest BCUT2D eigenvalue weighted by Gasteiger charge is 2.21. The van der Waals surface area contributed by atoms with Crippen LogP contribution in [0.4, 0.5) is 0 Å². The molecule has 78 valence electrons. The van der Waals surface area contributed by atoms with Crippen LogP contribution in [0.15, 0.2) is 22.8 Å². The Morgan fingerprint density at radius 1 is 1.47 bits per heavy atom. The summed E-state index contributed by atoms with van der Waals surface area (Å²) >= 11 is 4.39. The molecule has 15 heavy (non-hydrogen) atoms. The van der Waals surface area contributed by atoms with Gasteiger partial charge in [-0.1, -0.05) is 0 Å². The van der Waals surface area contributed by atoms with Crippen molar-refractivity contribution >= 4 is 50.4 Å². The molecule has 0 unspecified atom stereocenters. The van der Waals surface area contributed by atoms with Gasteiger partial charge in [-0.25, -0.2) is 4.99 Å². The summed E-state index contributed by atoms with van der Waals surface area (Å²) < 4.78 is 0.833. The molecule has 0 atom stereocenters. The van der Waals surface area contributed by atoms with E-state index in [2.05, 4.69) is 11.9 Å². The SMILES string of the molecule is CSC1=N/C(=C\c2ccc(C)s2)C(=O)S1. The molecule has 2 nitrogen and oxygen atoms in total. The molecule has 1 aliphatic rings. The second-order valence-electron chi connectivity index (χ2n) is 2.95. The molecule has 1 aliphatic heterocycles. The number of hydrogen-bond donors (Lipinski definition) is 0. The van der Waals surface area contributed by atoms with Crippen LogP contribution in [-0.4, -0.2) is 15.7 Å². The third-order valence-corrected chi connectivity index (χ3v) is 4.61. The van der Waals surface area contributed by atoms with Gasteiger partial charge in [0.2, 0.25) is 5.12 Å². The van der Waals surface area contributed by atoms with E-state index in [0.29, 0.717) is 5.70 Å². The molecule has 0 amide bonds. The van der Waals surface area contributed by atoms with E-state index in [9.17, 15) is 4.79 Å². The van der Waals surface area contributed by atoms with Crippen LogP contribution in [0, 0.1) is 6.92 Å². The Kier molecular flexibility index (Phi) is 3.33. The van der Waals surface area contributed by atoms with Crippen molar-refractivity contribution in [1.29, 1.82) is 0 Å². The average Bonchev–Trinajstić information content (AvgIpc) is 2.75. The van der Waals surface area contributed by atoms with Crippen molar-refractivity contribution in [3.8, 4) is 0 Å². The number of carbonyl (C=O) groups excluding carboxylic acids is 1. The Bertz CT molecular complexity index is 459. The minimum atomic E-state index is 0.0467. The zero-order chi connectivity index (χ0) is 10.8. The van der Waals surface area contributed by atoms with E-state index < -0.39 is 0 Å². The molecule has 1 aromatic heterocycles. The molecule has 1 aromatic rings. The van der Waals surface area contributed by atoms with Crippen LogP contribution < -0.4 is 0 Å². The smallest absolute Gasteiger partial charge is 0.244 e. The summed E-state index contributed by atoms with van der Waals surface area (Å²) in [5.41, 5.74) is 0.561. The molecule has 0 fully saturated rings. The van der Waals surface area contributed by atoms with E-state index in [0.717, 1.165) is 9.25 Å². The second-order valence-corrected chi connectivity index (χ2v) is 6.28. The van der Waals surface area contributed by atoms with Crippen molar-refractivity contribution in [3.05, 3.63) is 27.6 Å². The van der Waals surface area contributed by atoms with E-state index in [4.69, 9.17) is 0 Å². The van der Waals surface area contributed by atoms with Crippen molar-refractivity contribution < 1.29 is 4.79 Å². The molecule has 0 spiro atoms. The first-order valence-corrected chi connectivity index (χ1v) is 7.18. The number of carbonyl (C=O) groups is 1. The van der Waals surface area contributed by atoms with Gasteiger partial charge in [0, 0.05) is 9.75 Å². The van der Waals surface area contributed by atoms with Crippen molar-refractivity contribution in [2.24, 2.45) is 4.99 Å². The highest BCUT2D eigenvalue weighted by atomic mass is 32.2. The van der Waals surface area contributed by atoms with E-state index in [1.165, 1.54) is 28.4 Å². The standard InChI is InChI=1S/C10H9NOS3/c1-6-3-4-7(14-6)5-8-9(12)15-10(11-8)13-2/h3-5H,1-2H3/b8-5-. The number of hydrogen-bond acceptors (Lipinski definition) is 5. The van der Waals surface area contributed by atoms with Crippen LogP contribution in [0.25, 0.3) is 6.08 Å². The van der Waals surface area contributed by atoms with Gasteiger partial charge in [0.15, 0.2) is 0 Å². The highest BCUT2D eigenvalue weighted by Crippen LogP contribution is 2.30. The maximum atomic E-state index is 11.5. The number of thioether (sulfide) groups is 2. The Labute approximate surface area is 101 Å². The summed E-state index contributed by atoms with van der Waals surface area (Å²) in [5, 5.41) is 0.0467. The second kappa shape index (κ2) is 4.55. The molecule has 0 bridgehead atoms. The Hall–Kier alpha value is -0.520. The fraction of sp³-hybridized carbons (Fsp3) is 0.200. The van der Waals surface area contributed by atoms with Crippen LogP contribution in [0.2, 0.25) is 0 Å². The fourth-order valence-electron chi connectivity index (χ4n) is 1.14. The normalized spacial score (nSPS) is 18.7.